The van der Waals surface area contributed by atoms with Crippen LogP contribution in [0.2, 0.25) is 0 Å². The Bertz CT molecular complexity index is 679. The lowest BCUT2D eigenvalue weighted by Gasteiger charge is -2.10. The van der Waals surface area contributed by atoms with Crippen LogP contribution in [0.25, 0.3) is 0 Å². The van der Waals surface area contributed by atoms with Crippen LogP contribution in [0.1, 0.15) is 23.1 Å². The lowest BCUT2D eigenvalue weighted by atomic mass is 10.3. The van der Waals surface area contributed by atoms with E-state index >= 15 is 0 Å². The third kappa shape index (κ3) is 5.48. The Hall–Kier alpha value is -2.22. The molecule has 0 bridgehead atoms. The van der Waals surface area contributed by atoms with Gasteiger partial charge in [0.15, 0.2) is 0 Å². The molecule has 23 heavy (non-hydrogen) atoms. The second-order valence-corrected chi connectivity index (χ2v) is 5.71. The molecule has 0 atom stereocenters. The summed E-state index contributed by atoms with van der Waals surface area (Å²) in [6.07, 6.45) is 3.17. The van der Waals surface area contributed by atoms with Crippen molar-refractivity contribution in [2.45, 2.75) is 13.8 Å². The van der Waals surface area contributed by atoms with Gasteiger partial charge in [0, 0.05) is 42.6 Å². The van der Waals surface area contributed by atoms with Crippen LogP contribution in [0.15, 0.2) is 29.0 Å². The van der Waals surface area contributed by atoms with Gasteiger partial charge in [-0.15, -0.1) is 0 Å². The quantitative estimate of drug-likeness (QED) is 0.639. The smallest absolute Gasteiger partial charge is 0.252 e. The maximum atomic E-state index is 12.0. The number of anilines is 2. The van der Waals surface area contributed by atoms with E-state index in [1.54, 1.807) is 12.3 Å². The van der Waals surface area contributed by atoms with Crippen molar-refractivity contribution in [3.63, 3.8) is 0 Å². The minimum atomic E-state index is -0.159. The summed E-state index contributed by atoms with van der Waals surface area (Å²) < 4.78 is 0.774. The van der Waals surface area contributed by atoms with E-state index in [0.717, 1.165) is 22.7 Å². The molecule has 2 rings (SSSR count). The van der Waals surface area contributed by atoms with Crippen molar-refractivity contribution < 1.29 is 4.79 Å². The molecule has 122 valence electrons. The van der Waals surface area contributed by atoms with E-state index in [0.29, 0.717) is 24.5 Å². The van der Waals surface area contributed by atoms with E-state index in [-0.39, 0.29) is 5.91 Å². The molecule has 3 N–H and O–H groups in total. The Morgan fingerprint density at radius 2 is 1.87 bits per heavy atom. The number of amides is 1. The van der Waals surface area contributed by atoms with Crippen LogP contribution in [0.5, 0.6) is 0 Å². The molecule has 1 amide bonds. The molecule has 7 nitrogen and oxygen atoms in total. The van der Waals surface area contributed by atoms with Crippen LogP contribution in [-0.2, 0) is 0 Å². The molecular weight excluding hydrogens is 360 g/mol. The van der Waals surface area contributed by atoms with E-state index < -0.39 is 0 Å². The summed E-state index contributed by atoms with van der Waals surface area (Å²) in [6, 6.07) is 3.57. The topological polar surface area (TPSA) is 91.8 Å². The summed E-state index contributed by atoms with van der Waals surface area (Å²) in [7, 11) is 0. The van der Waals surface area contributed by atoms with Crippen LogP contribution < -0.4 is 16.0 Å². The SMILES string of the molecule is CCNc1cc(NCCNC(=O)c2cncc(Br)c2)nc(C)n1. The second-order valence-electron chi connectivity index (χ2n) is 4.79. The van der Waals surface area contributed by atoms with Gasteiger partial charge in [0.1, 0.15) is 17.5 Å². The van der Waals surface area contributed by atoms with Crippen molar-refractivity contribution in [2.24, 2.45) is 0 Å². The van der Waals surface area contributed by atoms with Gasteiger partial charge in [-0.3, -0.25) is 9.78 Å². The monoisotopic (exact) mass is 378 g/mol. The highest BCUT2D eigenvalue weighted by Crippen LogP contribution is 2.11. The molecule has 0 spiro atoms. The zero-order valence-electron chi connectivity index (χ0n) is 13.1. The van der Waals surface area contributed by atoms with Gasteiger partial charge in [0.25, 0.3) is 5.91 Å². The van der Waals surface area contributed by atoms with Crippen LogP contribution in [-0.4, -0.2) is 40.5 Å². The summed E-state index contributed by atoms with van der Waals surface area (Å²) in [5.74, 6) is 2.04. The van der Waals surface area contributed by atoms with Crippen molar-refractivity contribution in [3.05, 3.63) is 40.4 Å². The lowest BCUT2D eigenvalue weighted by Crippen LogP contribution is -2.29. The average Bonchev–Trinajstić information content (AvgIpc) is 2.51. The summed E-state index contributed by atoms with van der Waals surface area (Å²) in [5, 5.41) is 9.15. The first-order valence-corrected chi connectivity index (χ1v) is 8.10. The number of hydrogen-bond donors (Lipinski definition) is 3. The third-order valence-electron chi connectivity index (χ3n) is 2.88. The molecule has 0 aromatic carbocycles. The number of aryl methyl sites for hydroxylation is 1. The van der Waals surface area contributed by atoms with E-state index in [2.05, 4.69) is 46.8 Å². The number of carbonyl (C=O) groups is 1. The van der Waals surface area contributed by atoms with E-state index in [4.69, 9.17) is 0 Å². The Morgan fingerprint density at radius 1 is 1.13 bits per heavy atom. The van der Waals surface area contributed by atoms with Crippen LogP contribution in [0.4, 0.5) is 11.6 Å². The number of halogens is 1. The highest BCUT2D eigenvalue weighted by Gasteiger charge is 2.06. The Kier molecular flexibility index (Phi) is 6.28. The van der Waals surface area contributed by atoms with E-state index in [1.165, 1.54) is 6.20 Å². The Balaban J connectivity index is 1.82. The van der Waals surface area contributed by atoms with Crippen LogP contribution in [0.3, 0.4) is 0 Å². The number of aromatic nitrogens is 3. The minimum absolute atomic E-state index is 0.159. The van der Waals surface area contributed by atoms with Crippen molar-refractivity contribution in [1.29, 1.82) is 0 Å². The molecule has 0 aliphatic heterocycles. The lowest BCUT2D eigenvalue weighted by molar-refractivity contribution is 0.0954. The normalized spacial score (nSPS) is 10.2. The highest BCUT2D eigenvalue weighted by molar-refractivity contribution is 9.10. The van der Waals surface area contributed by atoms with Gasteiger partial charge >= 0.3 is 0 Å². The first kappa shape index (κ1) is 17.1. The maximum Gasteiger partial charge on any atom is 0.252 e. The molecule has 0 saturated heterocycles. The predicted molar refractivity (Wildman–Crippen MR) is 93.7 cm³/mol. The molecule has 0 unspecified atom stereocenters. The molecular formula is C15H19BrN6O. The molecule has 0 fully saturated rings. The zero-order chi connectivity index (χ0) is 16.7. The second kappa shape index (κ2) is 8.42. The maximum absolute atomic E-state index is 12.0. The van der Waals surface area contributed by atoms with Crippen molar-refractivity contribution in [1.82, 2.24) is 20.3 Å². The van der Waals surface area contributed by atoms with Crippen molar-refractivity contribution in [3.8, 4) is 0 Å². The van der Waals surface area contributed by atoms with E-state index in [1.807, 2.05) is 19.9 Å². The van der Waals surface area contributed by atoms with Crippen molar-refractivity contribution in [2.75, 3.05) is 30.3 Å². The minimum Gasteiger partial charge on any atom is -0.370 e. The largest absolute Gasteiger partial charge is 0.370 e. The fourth-order valence-electron chi connectivity index (χ4n) is 1.93. The van der Waals surface area contributed by atoms with Gasteiger partial charge in [-0.05, 0) is 35.8 Å². The molecule has 0 radical (unpaired) electrons. The van der Waals surface area contributed by atoms with Crippen LogP contribution in [0, 0.1) is 6.92 Å². The van der Waals surface area contributed by atoms with Gasteiger partial charge in [0.05, 0.1) is 5.56 Å². The number of nitrogens with zero attached hydrogens (tertiary/aromatic N) is 3. The molecule has 0 aliphatic carbocycles. The Labute approximate surface area is 143 Å². The number of rotatable bonds is 7. The molecule has 0 aliphatic rings. The summed E-state index contributed by atoms with van der Waals surface area (Å²) >= 11 is 3.29. The standard InChI is InChI=1S/C15H19BrN6O/c1-3-18-13-7-14(22-10(2)21-13)19-4-5-20-15(23)11-6-12(16)9-17-8-11/h6-9H,3-5H2,1-2H3,(H,20,23)(H2,18,19,21,22). The van der Waals surface area contributed by atoms with Crippen molar-refractivity contribution >= 4 is 33.5 Å². The molecule has 2 heterocycles. The summed E-state index contributed by atoms with van der Waals surface area (Å²) in [4.78, 5) is 24.5. The van der Waals surface area contributed by atoms with Gasteiger partial charge in [0.2, 0.25) is 0 Å². The summed E-state index contributed by atoms with van der Waals surface area (Å²) in [5.41, 5.74) is 0.520. The first-order valence-electron chi connectivity index (χ1n) is 7.30. The number of carbonyl (C=O) groups excluding carboxylic acids is 1. The molecule has 2 aromatic rings. The Morgan fingerprint density at radius 3 is 2.57 bits per heavy atom. The first-order chi connectivity index (χ1) is 11.1. The number of nitrogens with one attached hydrogen (secondary N) is 3. The number of hydrogen-bond acceptors (Lipinski definition) is 6. The predicted octanol–water partition coefficient (Wildman–Crippen LogP) is 2.22. The van der Waals surface area contributed by atoms with Gasteiger partial charge in [-0.25, -0.2) is 9.97 Å². The zero-order valence-corrected chi connectivity index (χ0v) is 14.6. The molecule has 8 heteroatoms. The molecule has 2 aromatic heterocycles. The van der Waals surface area contributed by atoms with Gasteiger partial charge in [-0.2, -0.15) is 0 Å². The summed E-state index contributed by atoms with van der Waals surface area (Å²) in [6.45, 7) is 5.69. The van der Waals surface area contributed by atoms with Crippen LogP contribution >= 0.6 is 15.9 Å². The van der Waals surface area contributed by atoms with Gasteiger partial charge < -0.3 is 16.0 Å². The van der Waals surface area contributed by atoms with Gasteiger partial charge in [-0.1, -0.05) is 0 Å². The molecule has 0 saturated carbocycles. The average molecular weight is 379 g/mol. The number of pyridine rings is 1. The fraction of sp³-hybridized carbons (Fsp3) is 0.333. The highest BCUT2D eigenvalue weighted by atomic mass is 79.9. The third-order valence-corrected chi connectivity index (χ3v) is 3.31. The van der Waals surface area contributed by atoms with E-state index in [9.17, 15) is 4.79 Å². The fourth-order valence-corrected chi connectivity index (χ4v) is 2.30.